The molecule has 0 unspecified atom stereocenters. The third-order valence-corrected chi connectivity index (χ3v) is 3.01. The number of benzene rings is 1. The number of hydrogen-bond donors (Lipinski definition) is 0. The zero-order chi connectivity index (χ0) is 14.0. The van der Waals surface area contributed by atoms with E-state index in [2.05, 4.69) is 0 Å². The molecule has 0 radical (unpaired) electrons. The number of fused-ring (bicyclic) bond motifs is 1. The van der Waals surface area contributed by atoms with Crippen LogP contribution >= 0.6 is 11.6 Å². The van der Waals surface area contributed by atoms with Crippen molar-refractivity contribution >= 4 is 28.5 Å². The molecule has 0 fully saturated rings. The lowest BCUT2D eigenvalue weighted by Gasteiger charge is -2.05. The normalized spacial score (nSPS) is 10.5. The molecule has 0 amide bonds. The number of aromatic nitrogens is 1. The fraction of sp³-hybridized carbons (Fsp3) is 0.231. The summed E-state index contributed by atoms with van der Waals surface area (Å²) in [6.07, 6.45) is 1.42. The number of rotatable bonds is 3. The summed E-state index contributed by atoms with van der Waals surface area (Å²) >= 11 is 6.14. The number of ether oxygens (including phenoxy) is 1. The molecule has 2 rings (SSSR count). The third-order valence-electron chi connectivity index (χ3n) is 2.61. The van der Waals surface area contributed by atoms with Gasteiger partial charge in [0.15, 0.2) is 0 Å². The van der Waals surface area contributed by atoms with E-state index < -0.39 is 11.8 Å². The van der Waals surface area contributed by atoms with E-state index >= 15 is 0 Å². The number of pyridine rings is 1. The van der Waals surface area contributed by atoms with Gasteiger partial charge < -0.3 is 4.74 Å². The summed E-state index contributed by atoms with van der Waals surface area (Å²) in [5, 5.41) is 0.523. The van der Waals surface area contributed by atoms with Gasteiger partial charge in [0.25, 0.3) is 5.52 Å². The second kappa shape index (κ2) is 5.40. The van der Waals surface area contributed by atoms with Crippen LogP contribution in [0.5, 0.6) is 0 Å². The average Bonchev–Trinajstić information content (AvgIpc) is 2.40. The molecule has 1 heterocycles. The van der Waals surface area contributed by atoms with E-state index in [9.17, 15) is 9.18 Å². The summed E-state index contributed by atoms with van der Waals surface area (Å²) in [7, 11) is 1.44. The van der Waals surface area contributed by atoms with Crippen molar-refractivity contribution in [3.63, 3.8) is 0 Å². The fourth-order valence-electron chi connectivity index (χ4n) is 1.77. The van der Waals surface area contributed by atoms with E-state index in [4.69, 9.17) is 21.2 Å². The number of halogens is 2. The van der Waals surface area contributed by atoms with Crippen LogP contribution in [0.4, 0.5) is 4.39 Å². The molecule has 0 aliphatic rings. The highest BCUT2D eigenvalue weighted by Crippen LogP contribution is 2.25. The molecule has 100 valence electrons. The predicted molar refractivity (Wildman–Crippen MR) is 67.6 cm³/mol. The maximum Gasteiger partial charge on any atom is 0.345 e. The molecule has 6 heteroatoms. The van der Waals surface area contributed by atoms with E-state index in [1.54, 1.807) is 6.92 Å². The van der Waals surface area contributed by atoms with Gasteiger partial charge in [0.05, 0.1) is 17.0 Å². The predicted octanol–water partition coefficient (Wildman–Crippen LogP) is 2.15. The Morgan fingerprint density at radius 3 is 2.84 bits per heavy atom. The van der Waals surface area contributed by atoms with Crippen LogP contribution < -0.4 is 9.57 Å². The lowest BCUT2D eigenvalue weighted by Crippen LogP contribution is -2.42. The maximum atomic E-state index is 13.3. The largest absolute Gasteiger partial charge is 0.462 e. The van der Waals surface area contributed by atoms with E-state index in [1.807, 2.05) is 0 Å². The van der Waals surface area contributed by atoms with Gasteiger partial charge in [0, 0.05) is 10.8 Å². The Kier molecular flexibility index (Phi) is 3.85. The van der Waals surface area contributed by atoms with E-state index in [0.29, 0.717) is 10.9 Å². The van der Waals surface area contributed by atoms with Crippen LogP contribution in [-0.2, 0) is 4.74 Å². The summed E-state index contributed by atoms with van der Waals surface area (Å²) in [5.74, 6) is -1.03. The van der Waals surface area contributed by atoms with Crippen molar-refractivity contribution in [3.05, 3.63) is 40.8 Å². The summed E-state index contributed by atoms with van der Waals surface area (Å²) in [4.78, 5) is 16.9. The van der Waals surface area contributed by atoms with Gasteiger partial charge in [-0.15, -0.1) is 0 Å². The van der Waals surface area contributed by atoms with Crippen molar-refractivity contribution in [2.75, 3.05) is 13.7 Å². The quantitative estimate of drug-likeness (QED) is 0.640. The minimum atomic E-state index is -0.579. The van der Waals surface area contributed by atoms with Crippen LogP contribution in [0.2, 0.25) is 5.02 Å². The van der Waals surface area contributed by atoms with Gasteiger partial charge in [0.2, 0.25) is 6.20 Å². The van der Waals surface area contributed by atoms with Crippen LogP contribution in [0.25, 0.3) is 10.9 Å². The van der Waals surface area contributed by atoms with Crippen LogP contribution in [0.15, 0.2) is 24.4 Å². The van der Waals surface area contributed by atoms with E-state index in [1.165, 1.54) is 36.2 Å². The molecule has 1 aromatic heterocycles. The molecule has 4 nitrogen and oxygen atoms in total. The number of hydrogen-bond acceptors (Lipinski definition) is 3. The molecule has 2 aromatic rings. The highest BCUT2D eigenvalue weighted by molar-refractivity contribution is 6.38. The number of nitrogens with zero attached hydrogens (tertiary/aromatic N) is 1. The van der Waals surface area contributed by atoms with Crippen molar-refractivity contribution < 1.29 is 23.5 Å². The number of carbonyl (C=O) groups excluding carboxylic acids is 1. The summed E-state index contributed by atoms with van der Waals surface area (Å²) in [6, 6.07) is 4.06. The van der Waals surface area contributed by atoms with Gasteiger partial charge in [-0.05, 0) is 19.1 Å². The Labute approximate surface area is 114 Å². The zero-order valence-corrected chi connectivity index (χ0v) is 11.2. The van der Waals surface area contributed by atoms with Crippen LogP contribution in [0.3, 0.4) is 0 Å². The summed E-state index contributed by atoms with van der Waals surface area (Å²) < 4.78 is 19.5. The molecule has 0 atom stereocenters. The first kappa shape index (κ1) is 13.5. The number of carbonyl (C=O) groups is 1. The Hall–Kier alpha value is -1.88. The molecule has 0 spiro atoms. The van der Waals surface area contributed by atoms with E-state index in [0.717, 1.165) is 0 Å². The summed E-state index contributed by atoms with van der Waals surface area (Å²) in [5.41, 5.74) is 0.686. The molecule has 0 N–H and O–H groups in total. The second-order valence-electron chi connectivity index (χ2n) is 3.75. The molecule has 1 aromatic carbocycles. The van der Waals surface area contributed by atoms with Gasteiger partial charge in [-0.3, -0.25) is 4.84 Å². The Balaban J connectivity index is 2.73. The minimum Gasteiger partial charge on any atom is -0.462 e. The van der Waals surface area contributed by atoms with Crippen molar-refractivity contribution in [2.24, 2.45) is 0 Å². The van der Waals surface area contributed by atoms with Crippen LogP contribution in [0.1, 0.15) is 17.3 Å². The maximum absolute atomic E-state index is 13.3. The monoisotopic (exact) mass is 284 g/mol. The van der Waals surface area contributed by atoms with Gasteiger partial charge >= 0.3 is 5.97 Å². The second-order valence-corrected chi connectivity index (χ2v) is 4.13. The SMILES string of the molecule is CCOC(=O)c1c[n+](OC)c2ccc(F)cc2c1Cl. The molecule has 0 bridgehead atoms. The number of esters is 1. The lowest BCUT2D eigenvalue weighted by molar-refractivity contribution is -0.865. The highest BCUT2D eigenvalue weighted by atomic mass is 35.5. The molecular weight excluding hydrogens is 273 g/mol. The van der Waals surface area contributed by atoms with Gasteiger partial charge in [-0.2, -0.15) is 0 Å². The fourth-order valence-corrected chi connectivity index (χ4v) is 2.04. The lowest BCUT2D eigenvalue weighted by atomic mass is 10.1. The first-order valence-electron chi connectivity index (χ1n) is 5.63. The Bertz CT molecular complexity index is 645. The summed E-state index contributed by atoms with van der Waals surface area (Å²) in [6.45, 7) is 1.92. The topological polar surface area (TPSA) is 39.4 Å². The molecule has 0 saturated heterocycles. The molecule has 19 heavy (non-hydrogen) atoms. The van der Waals surface area contributed by atoms with E-state index in [-0.39, 0.29) is 17.2 Å². The highest BCUT2D eigenvalue weighted by Gasteiger charge is 2.24. The average molecular weight is 285 g/mol. The standard InChI is InChI=1S/C13H12ClFNO3/c1-3-19-13(17)10-7-16(18-2)11-5-4-8(15)6-9(11)12(10)14/h4-7H,3H2,1-2H3/q+1. The van der Waals surface area contributed by atoms with Crippen molar-refractivity contribution in [3.8, 4) is 0 Å². The molecular formula is C13H12ClFNO3+. The molecule has 0 aliphatic heterocycles. The smallest absolute Gasteiger partial charge is 0.345 e. The van der Waals surface area contributed by atoms with Gasteiger partial charge in [-0.1, -0.05) is 11.6 Å². The Morgan fingerprint density at radius 2 is 2.21 bits per heavy atom. The van der Waals surface area contributed by atoms with Crippen molar-refractivity contribution in [1.82, 2.24) is 0 Å². The van der Waals surface area contributed by atoms with Crippen LogP contribution in [0, 0.1) is 5.82 Å². The van der Waals surface area contributed by atoms with Crippen molar-refractivity contribution in [1.29, 1.82) is 0 Å². The first-order chi connectivity index (χ1) is 9.08. The van der Waals surface area contributed by atoms with Gasteiger partial charge in [0.1, 0.15) is 18.5 Å². The van der Waals surface area contributed by atoms with Crippen molar-refractivity contribution in [2.45, 2.75) is 6.92 Å². The minimum absolute atomic E-state index is 0.128. The Morgan fingerprint density at radius 1 is 1.47 bits per heavy atom. The zero-order valence-electron chi connectivity index (χ0n) is 10.4. The van der Waals surface area contributed by atoms with Crippen LogP contribution in [-0.4, -0.2) is 19.7 Å². The first-order valence-corrected chi connectivity index (χ1v) is 6.01. The molecule has 0 aliphatic carbocycles. The third kappa shape index (κ3) is 2.46. The molecule has 0 saturated carbocycles. The van der Waals surface area contributed by atoms with Gasteiger partial charge in [-0.25, -0.2) is 9.18 Å².